The largest absolute Gasteiger partial charge is 0.316 e. The number of nitrogens with zero attached hydrogens (tertiary/aromatic N) is 1. The van der Waals surface area contributed by atoms with E-state index >= 15 is 0 Å². The Morgan fingerprint density at radius 1 is 1.50 bits per heavy atom. The lowest BCUT2D eigenvalue weighted by Crippen LogP contribution is -2.36. The van der Waals surface area contributed by atoms with Crippen molar-refractivity contribution in [3.8, 4) is 0 Å². The number of halogens is 2. The Hall–Kier alpha value is -0.640. The van der Waals surface area contributed by atoms with E-state index in [1.54, 1.807) is 6.07 Å². The summed E-state index contributed by atoms with van der Waals surface area (Å²) in [5.74, 6) is 0.471. The van der Waals surface area contributed by atoms with Gasteiger partial charge in [0.25, 0.3) is 0 Å². The van der Waals surface area contributed by atoms with Crippen molar-refractivity contribution in [1.82, 2.24) is 10.2 Å². The summed E-state index contributed by atoms with van der Waals surface area (Å²) in [5, 5.41) is 4.06. The number of rotatable bonds is 4. The van der Waals surface area contributed by atoms with Crippen molar-refractivity contribution < 1.29 is 4.39 Å². The topological polar surface area (TPSA) is 15.3 Å². The van der Waals surface area contributed by atoms with Gasteiger partial charge in [-0.3, -0.25) is 0 Å². The highest BCUT2D eigenvalue weighted by molar-refractivity contribution is 6.31. The molecular formula is C14H20ClFN2. The molecule has 2 nitrogen and oxygen atoms in total. The van der Waals surface area contributed by atoms with Crippen LogP contribution in [0.25, 0.3) is 0 Å². The lowest BCUT2D eigenvalue weighted by atomic mass is 9.99. The zero-order chi connectivity index (χ0) is 13.0. The molecule has 1 aliphatic rings. The Morgan fingerprint density at radius 2 is 2.33 bits per heavy atom. The van der Waals surface area contributed by atoms with Gasteiger partial charge in [-0.2, -0.15) is 0 Å². The third-order valence-electron chi connectivity index (χ3n) is 3.42. The average Bonchev–Trinajstić information content (AvgIpc) is 2.35. The molecule has 1 aromatic carbocycles. The minimum absolute atomic E-state index is 0.220. The van der Waals surface area contributed by atoms with Gasteiger partial charge in [0.1, 0.15) is 5.82 Å². The molecule has 0 spiro atoms. The third kappa shape index (κ3) is 3.94. The van der Waals surface area contributed by atoms with Crippen LogP contribution in [-0.2, 0) is 6.54 Å². The minimum atomic E-state index is -0.220. The van der Waals surface area contributed by atoms with Crippen LogP contribution in [0.1, 0.15) is 18.4 Å². The molecule has 1 aliphatic heterocycles. The molecule has 18 heavy (non-hydrogen) atoms. The third-order valence-corrected chi connectivity index (χ3v) is 3.79. The summed E-state index contributed by atoms with van der Waals surface area (Å²) in [4.78, 5) is 2.22. The van der Waals surface area contributed by atoms with Crippen molar-refractivity contribution >= 4 is 11.6 Å². The van der Waals surface area contributed by atoms with Crippen molar-refractivity contribution in [3.63, 3.8) is 0 Å². The summed E-state index contributed by atoms with van der Waals surface area (Å²) in [6.07, 6.45) is 2.52. The Labute approximate surface area is 113 Å². The van der Waals surface area contributed by atoms with Crippen molar-refractivity contribution in [2.75, 3.05) is 26.7 Å². The smallest absolute Gasteiger partial charge is 0.123 e. The molecule has 0 aliphatic carbocycles. The van der Waals surface area contributed by atoms with Crippen molar-refractivity contribution in [2.45, 2.75) is 19.4 Å². The maximum atomic E-state index is 13.2. The first-order valence-corrected chi connectivity index (χ1v) is 6.86. The quantitative estimate of drug-likeness (QED) is 0.905. The fourth-order valence-corrected chi connectivity index (χ4v) is 2.72. The first-order chi connectivity index (χ1) is 8.65. The van der Waals surface area contributed by atoms with Crippen LogP contribution in [0, 0.1) is 11.7 Å². The minimum Gasteiger partial charge on any atom is -0.316 e. The van der Waals surface area contributed by atoms with Gasteiger partial charge in [-0.1, -0.05) is 11.6 Å². The normalized spacial score (nSPS) is 20.3. The van der Waals surface area contributed by atoms with E-state index in [0.717, 1.165) is 25.2 Å². The summed E-state index contributed by atoms with van der Waals surface area (Å²) < 4.78 is 13.2. The molecule has 0 radical (unpaired) electrons. The van der Waals surface area contributed by atoms with Crippen LogP contribution in [0.2, 0.25) is 5.02 Å². The summed E-state index contributed by atoms with van der Waals surface area (Å²) in [6.45, 7) is 3.95. The van der Waals surface area contributed by atoms with Crippen molar-refractivity contribution in [3.05, 3.63) is 34.6 Å². The molecule has 1 unspecified atom stereocenters. The Kier molecular flexibility index (Phi) is 4.98. The van der Waals surface area contributed by atoms with Crippen LogP contribution < -0.4 is 5.32 Å². The van der Waals surface area contributed by atoms with Crippen molar-refractivity contribution in [2.24, 2.45) is 5.92 Å². The van der Waals surface area contributed by atoms with Gasteiger partial charge in [-0.05, 0) is 62.7 Å². The molecule has 0 bridgehead atoms. The SMILES string of the molecule is CN(Cc1cc(F)ccc1Cl)CC1CCCNC1. The van der Waals surface area contributed by atoms with Gasteiger partial charge in [0.2, 0.25) is 0 Å². The molecule has 4 heteroatoms. The highest BCUT2D eigenvalue weighted by atomic mass is 35.5. The van der Waals surface area contributed by atoms with Gasteiger partial charge in [0.05, 0.1) is 0 Å². The van der Waals surface area contributed by atoms with Crippen LogP contribution in [-0.4, -0.2) is 31.6 Å². The first-order valence-electron chi connectivity index (χ1n) is 6.48. The zero-order valence-electron chi connectivity index (χ0n) is 10.8. The molecule has 1 aromatic rings. The first kappa shape index (κ1) is 13.8. The van der Waals surface area contributed by atoms with Crippen LogP contribution in [0.15, 0.2) is 18.2 Å². The molecule has 1 heterocycles. The number of nitrogens with one attached hydrogen (secondary N) is 1. The van der Waals surface area contributed by atoms with E-state index in [9.17, 15) is 4.39 Å². The van der Waals surface area contributed by atoms with Gasteiger partial charge in [0, 0.05) is 18.1 Å². The molecule has 0 amide bonds. The van der Waals surface area contributed by atoms with Crippen LogP contribution >= 0.6 is 11.6 Å². The summed E-state index contributed by atoms with van der Waals surface area (Å²) in [6, 6.07) is 4.55. The fourth-order valence-electron chi connectivity index (χ4n) is 2.54. The monoisotopic (exact) mass is 270 g/mol. The van der Waals surface area contributed by atoms with Gasteiger partial charge in [0.15, 0.2) is 0 Å². The molecule has 1 saturated heterocycles. The Balaban J connectivity index is 1.89. The van der Waals surface area contributed by atoms with E-state index in [1.165, 1.54) is 25.0 Å². The predicted molar refractivity (Wildman–Crippen MR) is 73.3 cm³/mol. The maximum Gasteiger partial charge on any atom is 0.123 e. The average molecular weight is 271 g/mol. The molecule has 1 atom stereocenters. The summed E-state index contributed by atoms with van der Waals surface area (Å²) in [5.41, 5.74) is 0.864. The van der Waals surface area contributed by atoms with Gasteiger partial charge in [-0.25, -0.2) is 4.39 Å². The van der Waals surface area contributed by atoms with E-state index in [0.29, 0.717) is 17.5 Å². The Bertz CT molecular complexity index is 391. The van der Waals surface area contributed by atoms with E-state index < -0.39 is 0 Å². The molecule has 0 saturated carbocycles. The second-order valence-electron chi connectivity index (χ2n) is 5.14. The number of hydrogen-bond donors (Lipinski definition) is 1. The van der Waals surface area contributed by atoms with E-state index in [4.69, 9.17) is 11.6 Å². The second-order valence-corrected chi connectivity index (χ2v) is 5.55. The van der Waals surface area contributed by atoms with E-state index in [-0.39, 0.29) is 5.82 Å². The van der Waals surface area contributed by atoms with E-state index in [1.807, 2.05) is 0 Å². The second kappa shape index (κ2) is 6.50. The lowest BCUT2D eigenvalue weighted by Gasteiger charge is -2.27. The van der Waals surface area contributed by atoms with Gasteiger partial charge >= 0.3 is 0 Å². The zero-order valence-corrected chi connectivity index (χ0v) is 11.5. The molecule has 0 aromatic heterocycles. The molecule has 1 N–H and O–H groups in total. The lowest BCUT2D eigenvalue weighted by molar-refractivity contribution is 0.237. The molecule has 100 valence electrons. The Morgan fingerprint density at radius 3 is 3.06 bits per heavy atom. The number of benzene rings is 1. The maximum absolute atomic E-state index is 13.2. The van der Waals surface area contributed by atoms with Crippen LogP contribution in [0.5, 0.6) is 0 Å². The molecular weight excluding hydrogens is 251 g/mol. The fraction of sp³-hybridized carbons (Fsp3) is 0.571. The number of hydrogen-bond acceptors (Lipinski definition) is 2. The molecule has 1 fully saturated rings. The van der Waals surface area contributed by atoms with E-state index in [2.05, 4.69) is 17.3 Å². The van der Waals surface area contributed by atoms with Crippen LogP contribution in [0.4, 0.5) is 4.39 Å². The summed E-state index contributed by atoms with van der Waals surface area (Å²) >= 11 is 6.08. The highest BCUT2D eigenvalue weighted by Crippen LogP contribution is 2.19. The van der Waals surface area contributed by atoms with Crippen molar-refractivity contribution in [1.29, 1.82) is 0 Å². The standard InChI is InChI=1S/C14H20ClFN2/c1-18(9-11-3-2-6-17-8-11)10-12-7-13(16)4-5-14(12)15/h4-5,7,11,17H,2-3,6,8-10H2,1H3. The summed E-state index contributed by atoms with van der Waals surface area (Å²) in [7, 11) is 2.07. The molecule has 2 rings (SSSR count). The highest BCUT2D eigenvalue weighted by Gasteiger charge is 2.15. The predicted octanol–water partition coefficient (Wildman–Crippen LogP) is 2.91. The number of piperidine rings is 1. The van der Waals surface area contributed by atoms with Crippen LogP contribution in [0.3, 0.4) is 0 Å². The van der Waals surface area contributed by atoms with Gasteiger partial charge < -0.3 is 10.2 Å². The van der Waals surface area contributed by atoms with Gasteiger partial charge in [-0.15, -0.1) is 0 Å².